The zero-order valence-corrected chi connectivity index (χ0v) is 16.4. The minimum absolute atomic E-state index is 0. The molecule has 0 unspecified atom stereocenters. The first-order chi connectivity index (χ1) is 12.8. The minimum atomic E-state index is -4.78. The van der Waals surface area contributed by atoms with Gasteiger partial charge in [-0.25, -0.2) is 12.8 Å². The average molecular weight is 458 g/mol. The number of halogens is 5. The molecule has 160 valence electrons. The lowest BCUT2D eigenvalue weighted by atomic mass is 10.0. The van der Waals surface area contributed by atoms with Crippen molar-refractivity contribution in [1.29, 1.82) is 0 Å². The van der Waals surface area contributed by atoms with Crippen molar-refractivity contribution < 1.29 is 30.9 Å². The fourth-order valence-electron chi connectivity index (χ4n) is 2.39. The molecule has 7 nitrogen and oxygen atoms in total. The molecule has 2 aromatic carbocycles. The molecule has 2 N–H and O–H groups in total. The van der Waals surface area contributed by atoms with E-state index in [-0.39, 0.29) is 28.6 Å². The molecule has 2 aromatic rings. The van der Waals surface area contributed by atoms with E-state index in [0.717, 1.165) is 41.7 Å². The number of benzene rings is 2. The van der Waals surface area contributed by atoms with Crippen molar-refractivity contribution in [2.45, 2.75) is 17.1 Å². The molecule has 0 aliphatic rings. The minimum Gasteiger partial charge on any atom is -0.323 e. The number of non-ortho nitro benzene ring substituents is 1. The van der Waals surface area contributed by atoms with Gasteiger partial charge in [-0.05, 0) is 35.9 Å². The molecule has 0 heterocycles. The molecule has 0 spiro atoms. The van der Waals surface area contributed by atoms with E-state index in [1.807, 2.05) is 0 Å². The third-order valence-electron chi connectivity index (χ3n) is 3.89. The number of likely N-dealkylation sites (N-methyl/N-ethyl adjacent to an activating group) is 1. The van der Waals surface area contributed by atoms with Gasteiger partial charge in [0, 0.05) is 31.8 Å². The second kappa shape index (κ2) is 9.03. The number of nitro groups is 1. The summed E-state index contributed by atoms with van der Waals surface area (Å²) in [5.41, 5.74) is 4.02. The van der Waals surface area contributed by atoms with Crippen molar-refractivity contribution in [3.8, 4) is 0 Å². The number of sulfonamides is 1. The van der Waals surface area contributed by atoms with E-state index < -0.39 is 45.1 Å². The number of hydrogen-bond acceptors (Lipinski definition) is 5. The SMILES string of the molecule is CN(C[C@H](N)c1cc(F)cc(C(F)(F)F)c1)S(=O)(=O)c1ccc([N+](=O)[O-])cc1.Cl. The summed E-state index contributed by atoms with van der Waals surface area (Å²) in [6.45, 7) is -0.444. The lowest BCUT2D eigenvalue weighted by Crippen LogP contribution is -2.34. The largest absolute Gasteiger partial charge is 0.416 e. The van der Waals surface area contributed by atoms with Crippen LogP contribution in [0.2, 0.25) is 0 Å². The van der Waals surface area contributed by atoms with Gasteiger partial charge >= 0.3 is 6.18 Å². The number of hydrogen-bond donors (Lipinski definition) is 1. The van der Waals surface area contributed by atoms with Gasteiger partial charge in [-0.3, -0.25) is 10.1 Å². The van der Waals surface area contributed by atoms with Gasteiger partial charge in [0.1, 0.15) is 5.82 Å². The van der Waals surface area contributed by atoms with E-state index in [9.17, 15) is 36.1 Å². The van der Waals surface area contributed by atoms with Gasteiger partial charge in [0.05, 0.1) is 15.4 Å². The zero-order chi connectivity index (χ0) is 21.3. The van der Waals surface area contributed by atoms with Crippen LogP contribution in [0.3, 0.4) is 0 Å². The summed E-state index contributed by atoms with van der Waals surface area (Å²) in [4.78, 5) is 9.68. The number of nitrogens with two attached hydrogens (primary N) is 1. The third-order valence-corrected chi connectivity index (χ3v) is 5.72. The summed E-state index contributed by atoms with van der Waals surface area (Å²) in [7, 11) is -2.98. The van der Waals surface area contributed by atoms with Crippen LogP contribution in [-0.4, -0.2) is 31.2 Å². The Hall–Kier alpha value is -2.28. The standard InChI is InChI=1S/C16H15F4N3O4S.ClH/c1-22(28(26,27)14-4-2-13(3-5-14)23(24)25)9-15(21)10-6-11(16(18,19)20)8-12(17)7-10;/h2-8,15H,9,21H2,1H3;1H/t15-;/m0./s1. The lowest BCUT2D eigenvalue weighted by molar-refractivity contribution is -0.384. The van der Waals surface area contributed by atoms with Gasteiger partial charge in [0.25, 0.3) is 5.69 Å². The summed E-state index contributed by atoms with van der Waals surface area (Å²) >= 11 is 0. The van der Waals surface area contributed by atoms with Crippen LogP contribution in [0.1, 0.15) is 17.2 Å². The quantitative estimate of drug-likeness (QED) is 0.406. The molecule has 29 heavy (non-hydrogen) atoms. The van der Waals surface area contributed by atoms with E-state index in [0.29, 0.717) is 12.1 Å². The summed E-state index contributed by atoms with van der Waals surface area (Å²) in [6.07, 6.45) is -4.78. The average Bonchev–Trinajstić information content (AvgIpc) is 2.60. The Balaban J connectivity index is 0.00000420. The Kier molecular flexibility index (Phi) is 7.71. The van der Waals surface area contributed by atoms with Crippen LogP contribution in [0.5, 0.6) is 0 Å². The van der Waals surface area contributed by atoms with Gasteiger partial charge in [0.2, 0.25) is 10.0 Å². The van der Waals surface area contributed by atoms with Crippen LogP contribution in [0.4, 0.5) is 23.2 Å². The van der Waals surface area contributed by atoms with E-state index in [1.165, 1.54) is 0 Å². The highest BCUT2D eigenvalue weighted by atomic mass is 35.5. The first kappa shape index (κ1) is 24.8. The Morgan fingerprint density at radius 3 is 2.21 bits per heavy atom. The molecule has 0 saturated heterocycles. The molecule has 0 fully saturated rings. The molecule has 0 aliphatic heterocycles. The first-order valence-corrected chi connectivity index (χ1v) is 9.10. The molecule has 1 atom stereocenters. The highest BCUT2D eigenvalue weighted by Crippen LogP contribution is 2.31. The number of alkyl halides is 3. The van der Waals surface area contributed by atoms with Gasteiger partial charge in [0.15, 0.2) is 0 Å². The van der Waals surface area contributed by atoms with Crippen molar-refractivity contribution in [2.24, 2.45) is 5.73 Å². The van der Waals surface area contributed by atoms with Crippen LogP contribution in [-0.2, 0) is 16.2 Å². The predicted molar refractivity (Wildman–Crippen MR) is 98.5 cm³/mol. The fraction of sp³-hybridized carbons (Fsp3) is 0.250. The number of rotatable bonds is 6. The summed E-state index contributed by atoms with van der Waals surface area (Å²) in [5.74, 6) is -1.15. The molecule has 0 aromatic heterocycles. The Labute approximate surface area is 169 Å². The summed E-state index contributed by atoms with van der Waals surface area (Å²) in [5, 5.41) is 10.6. The van der Waals surface area contributed by atoms with Crippen LogP contribution in [0.25, 0.3) is 0 Å². The second-order valence-electron chi connectivity index (χ2n) is 5.91. The Morgan fingerprint density at radius 1 is 1.17 bits per heavy atom. The predicted octanol–water partition coefficient (Wildman–Crippen LogP) is 3.50. The number of nitrogens with zero attached hydrogens (tertiary/aromatic N) is 2. The van der Waals surface area contributed by atoms with E-state index >= 15 is 0 Å². The highest BCUT2D eigenvalue weighted by Gasteiger charge is 2.32. The van der Waals surface area contributed by atoms with Crippen molar-refractivity contribution in [2.75, 3.05) is 13.6 Å². The van der Waals surface area contributed by atoms with Crippen molar-refractivity contribution in [1.82, 2.24) is 4.31 Å². The molecular weight excluding hydrogens is 442 g/mol. The summed E-state index contributed by atoms with van der Waals surface area (Å²) in [6, 6.07) is 4.58. The zero-order valence-electron chi connectivity index (χ0n) is 14.8. The second-order valence-corrected chi connectivity index (χ2v) is 7.96. The maximum atomic E-state index is 13.5. The smallest absolute Gasteiger partial charge is 0.323 e. The molecular formula is C16H16ClF4N3O4S. The molecule has 0 amide bonds. The fourth-order valence-corrected chi connectivity index (χ4v) is 3.59. The Bertz CT molecular complexity index is 985. The van der Waals surface area contributed by atoms with Crippen LogP contribution in [0, 0.1) is 15.9 Å². The van der Waals surface area contributed by atoms with Crippen LogP contribution in [0.15, 0.2) is 47.4 Å². The van der Waals surface area contributed by atoms with Gasteiger partial charge in [-0.15, -0.1) is 12.4 Å². The number of nitro benzene ring substituents is 1. The van der Waals surface area contributed by atoms with E-state index in [1.54, 1.807) is 0 Å². The molecule has 0 aliphatic carbocycles. The third kappa shape index (κ3) is 5.85. The molecule has 0 bridgehead atoms. The van der Waals surface area contributed by atoms with E-state index in [4.69, 9.17) is 5.73 Å². The van der Waals surface area contributed by atoms with Crippen molar-refractivity contribution in [3.05, 3.63) is 69.5 Å². The van der Waals surface area contributed by atoms with Gasteiger partial charge in [-0.2, -0.15) is 17.5 Å². The molecule has 2 rings (SSSR count). The Morgan fingerprint density at radius 2 is 1.72 bits per heavy atom. The van der Waals surface area contributed by atoms with E-state index in [2.05, 4.69) is 0 Å². The lowest BCUT2D eigenvalue weighted by Gasteiger charge is -2.22. The first-order valence-electron chi connectivity index (χ1n) is 7.66. The monoisotopic (exact) mass is 457 g/mol. The molecule has 0 saturated carbocycles. The normalized spacial score (nSPS) is 13.1. The maximum absolute atomic E-state index is 13.5. The maximum Gasteiger partial charge on any atom is 0.416 e. The topological polar surface area (TPSA) is 107 Å². The van der Waals surface area contributed by atoms with Gasteiger partial charge in [-0.1, -0.05) is 0 Å². The summed E-state index contributed by atoms with van der Waals surface area (Å²) < 4.78 is 77.8. The van der Waals surface area contributed by atoms with Crippen LogP contribution >= 0.6 is 12.4 Å². The van der Waals surface area contributed by atoms with Gasteiger partial charge < -0.3 is 5.73 Å². The highest BCUT2D eigenvalue weighted by molar-refractivity contribution is 7.89. The molecule has 0 radical (unpaired) electrons. The van der Waals surface area contributed by atoms with Crippen molar-refractivity contribution in [3.63, 3.8) is 0 Å². The van der Waals surface area contributed by atoms with Crippen molar-refractivity contribution >= 4 is 28.1 Å². The molecule has 13 heteroatoms. The van der Waals surface area contributed by atoms with Crippen LogP contribution < -0.4 is 5.73 Å².